The van der Waals surface area contributed by atoms with E-state index in [4.69, 9.17) is 28.4 Å². The Balaban J connectivity index is 2.04. The van der Waals surface area contributed by atoms with E-state index in [0.717, 1.165) is 11.1 Å². The average molecular weight is 685 g/mol. The van der Waals surface area contributed by atoms with Gasteiger partial charge in [-0.05, 0) is 49.7 Å². The van der Waals surface area contributed by atoms with E-state index in [-0.39, 0.29) is 25.0 Å². The topological polar surface area (TPSA) is 148 Å². The van der Waals surface area contributed by atoms with Crippen molar-refractivity contribution < 1.29 is 47.6 Å². The third kappa shape index (κ3) is 12.2. The molecule has 12 nitrogen and oxygen atoms in total. The third-order valence-corrected chi connectivity index (χ3v) is 7.84. The maximum Gasteiger partial charge on any atom is 0.328 e. The molecule has 270 valence electrons. The van der Waals surface area contributed by atoms with Crippen LogP contribution in [0.3, 0.4) is 0 Å². The normalized spacial score (nSPS) is 19.5. The molecule has 0 spiro atoms. The van der Waals surface area contributed by atoms with E-state index in [9.17, 15) is 19.2 Å². The molecule has 0 radical (unpaired) electrons. The van der Waals surface area contributed by atoms with E-state index in [1.165, 1.54) is 14.2 Å². The SMILES string of the molecule is COC(=O)[C@H](CC(C)C)NC(=O)[C@H](OCc1ccccc1)[C@@H]1OC(C)(C)O[C@H]1[C@@H](OCc1ccccc1)C(=O)N[C@@H](CC(C)C)C(=O)OC. The van der Waals surface area contributed by atoms with E-state index < -0.39 is 66.0 Å². The van der Waals surface area contributed by atoms with Crippen molar-refractivity contribution in [1.82, 2.24) is 10.6 Å². The minimum atomic E-state index is -1.37. The Morgan fingerprint density at radius 1 is 0.653 bits per heavy atom. The Hall–Kier alpha value is -3.84. The average Bonchev–Trinajstić information content (AvgIpc) is 3.38. The molecular formula is C37H52N2O10. The van der Waals surface area contributed by atoms with E-state index >= 15 is 0 Å². The molecule has 0 unspecified atom stereocenters. The van der Waals surface area contributed by atoms with Gasteiger partial charge in [0, 0.05) is 0 Å². The fourth-order valence-electron chi connectivity index (χ4n) is 5.61. The molecular weight excluding hydrogens is 632 g/mol. The quantitative estimate of drug-likeness (QED) is 0.220. The van der Waals surface area contributed by atoms with Gasteiger partial charge in [-0.2, -0.15) is 0 Å². The number of hydrogen-bond acceptors (Lipinski definition) is 10. The molecule has 2 aromatic carbocycles. The predicted octanol–water partition coefficient (Wildman–Crippen LogP) is 4.09. The summed E-state index contributed by atoms with van der Waals surface area (Å²) in [7, 11) is 2.51. The van der Waals surface area contributed by atoms with Crippen molar-refractivity contribution in [3.8, 4) is 0 Å². The highest BCUT2D eigenvalue weighted by atomic mass is 16.8. The van der Waals surface area contributed by atoms with Crippen LogP contribution in [0.25, 0.3) is 0 Å². The fourth-order valence-corrected chi connectivity index (χ4v) is 5.61. The van der Waals surface area contributed by atoms with Crippen molar-refractivity contribution in [3.05, 3.63) is 71.8 Å². The lowest BCUT2D eigenvalue weighted by Gasteiger charge is -2.31. The molecule has 2 amide bonds. The highest BCUT2D eigenvalue weighted by Gasteiger charge is 2.54. The zero-order valence-corrected chi connectivity index (χ0v) is 29.8. The number of nitrogens with one attached hydrogen (secondary N) is 2. The van der Waals surface area contributed by atoms with E-state index in [1.807, 2.05) is 88.4 Å². The van der Waals surface area contributed by atoms with Crippen molar-refractivity contribution in [2.45, 2.75) is 110 Å². The Morgan fingerprint density at radius 3 is 1.31 bits per heavy atom. The van der Waals surface area contributed by atoms with E-state index in [0.29, 0.717) is 12.8 Å². The monoisotopic (exact) mass is 684 g/mol. The molecule has 1 saturated heterocycles. The Bertz CT molecular complexity index is 1250. The Kier molecular flexibility index (Phi) is 15.2. The van der Waals surface area contributed by atoms with Crippen LogP contribution < -0.4 is 10.6 Å². The summed E-state index contributed by atoms with van der Waals surface area (Å²) in [5, 5.41) is 5.57. The summed E-state index contributed by atoms with van der Waals surface area (Å²) in [5.74, 6) is -3.69. The third-order valence-electron chi connectivity index (χ3n) is 7.84. The minimum absolute atomic E-state index is 0.0134. The minimum Gasteiger partial charge on any atom is -0.467 e. The molecule has 1 fully saturated rings. The van der Waals surface area contributed by atoms with Crippen LogP contribution in [0.1, 0.15) is 65.5 Å². The summed E-state index contributed by atoms with van der Waals surface area (Å²) in [6, 6.07) is 16.6. The largest absolute Gasteiger partial charge is 0.467 e. The number of hydrogen-bond donors (Lipinski definition) is 2. The maximum atomic E-state index is 14.1. The van der Waals surface area contributed by atoms with Gasteiger partial charge >= 0.3 is 11.9 Å². The highest BCUT2D eigenvalue weighted by molar-refractivity contribution is 5.89. The van der Waals surface area contributed by atoms with Crippen molar-refractivity contribution in [3.63, 3.8) is 0 Å². The number of benzene rings is 2. The molecule has 1 aliphatic rings. The van der Waals surface area contributed by atoms with Crippen molar-refractivity contribution >= 4 is 23.8 Å². The predicted molar refractivity (Wildman–Crippen MR) is 181 cm³/mol. The van der Waals surface area contributed by atoms with E-state index in [2.05, 4.69) is 10.6 Å². The summed E-state index contributed by atoms with van der Waals surface area (Å²) in [6.07, 6.45) is -4.48. The van der Waals surface area contributed by atoms with Gasteiger partial charge in [-0.3, -0.25) is 9.59 Å². The summed E-state index contributed by atoms with van der Waals surface area (Å²) in [6.45, 7) is 11.0. The standard InChI is InChI=1S/C37H52N2O10/c1-23(2)19-27(35(42)44-7)38-33(40)31(46-21-25-15-11-9-12-16-25)29-30(49-37(5,6)48-29)32(47-22-26-17-13-10-14-18-26)34(41)39-28(20-24(3)4)36(43)45-8/h9-18,23-24,27-32H,19-22H2,1-8H3,(H,38,40)(H,39,41)/t27-,28-,29+,30+,31+,32+/m0/s1. The molecule has 0 aromatic heterocycles. The molecule has 6 atom stereocenters. The van der Waals surface area contributed by atoms with Crippen LogP contribution in [0.15, 0.2) is 60.7 Å². The molecule has 2 aromatic rings. The van der Waals surface area contributed by atoms with Crippen LogP contribution in [0.4, 0.5) is 0 Å². The van der Waals surface area contributed by atoms with Gasteiger partial charge < -0.3 is 39.1 Å². The number of methoxy groups -OCH3 is 2. The molecule has 0 saturated carbocycles. The lowest BCUT2D eigenvalue weighted by atomic mass is 9.98. The van der Waals surface area contributed by atoms with Gasteiger partial charge in [0.25, 0.3) is 11.8 Å². The zero-order valence-electron chi connectivity index (χ0n) is 29.8. The van der Waals surface area contributed by atoms with Crippen molar-refractivity contribution in [1.29, 1.82) is 0 Å². The van der Waals surface area contributed by atoms with Gasteiger partial charge in [-0.15, -0.1) is 0 Å². The highest BCUT2D eigenvalue weighted by Crippen LogP contribution is 2.35. The second kappa shape index (κ2) is 18.8. The zero-order chi connectivity index (χ0) is 36.1. The van der Waals surface area contributed by atoms with Crippen LogP contribution in [0.5, 0.6) is 0 Å². The van der Waals surface area contributed by atoms with Gasteiger partial charge in [0.15, 0.2) is 18.0 Å². The van der Waals surface area contributed by atoms with Gasteiger partial charge in [0.2, 0.25) is 0 Å². The van der Waals surface area contributed by atoms with Crippen LogP contribution >= 0.6 is 0 Å². The number of carbonyl (C=O) groups is 4. The Morgan fingerprint density at radius 2 is 1.00 bits per heavy atom. The maximum absolute atomic E-state index is 14.1. The van der Waals surface area contributed by atoms with E-state index in [1.54, 1.807) is 13.8 Å². The van der Waals surface area contributed by atoms with Crippen LogP contribution in [-0.2, 0) is 60.8 Å². The number of ether oxygens (including phenoxy) is 6. The lowest BCUT2D eigenvalue weighted by Crippen LogP contribution is -2.58. The van der Waals surface area contributed by atoms with Crippen molar-refractivity contribution in [2.75, 3.05) is 14.2 Å². The van der Waals surface area contributed by atoms with Gasteiger partial charge in [0.1, 0.15) is 24.3 Å². The summed E-state index contributed by atoms with van der Waals surface area (Å²) < 4.78 is 35.1. The molecule has 12 heteroatoms. The first kappa shape index (κ1) is 39.6. The van der Waals surface area contributed by atoms with Gasteiger partial charge in [-0.25, -0.2) is 9.59 Å². The second-order valence-electron chi connectivity index (χ2n) is 13.4. The second-order valence-corrected chi connectivity index (χ2v) is 13.4. The Labute approximate surface area is 289 Å². The number of amides is 2. The first-order chi connectivity index (χ1) is 23.2. The van der Waals surface area contributed by atoms with Crippen LogP contribution in [0.2, 0.25) is 0 Å². The molecule has 49 heavy (non-hydrogen) atoms. The smallest absolute Gasteiger partial charge is 0.328 e. The van der Waals surface area contributed by atoms with Gasteiger partial charge in [0.05, 0.1) is 27.4 Å². The summed E-state index contributed by atoms with van der Waals surface area (Å²) >= 11 is 0. The molecule has 0 aliphatic carbocycles. The van der Waals surface area contributed by atoms with Crippen molar-refractivity contribution in [2.24, 2.45) is 11.8 Å². The molecule has 1 heterocycles. The first-order valence-electron chi connectivity index (χ1n) is 16.7. The van der Waals surface area contributed by atoms with Gasteiger partial charge in [-0.1, -0.05) is 88.4 Å². The first-order valence-corrected chi connectivity index (χ1v) is 16.7. The fraction of sp³-hybridized carbons (Fsp3) is 0.568. The molecule has 3 rings (SSSR count). The number of esters is 2. The summed E-state index contributed by atoms with van der Waals surface area (Å²) in [4.78, 5) is 53.7. The lowest BCUT2D eigenvalue weighted by molar-refractivity contribution is -0.172. The van der Waals surface area contributed by atoms with Crippen LogP contribution in [0, 0.1) is 11.8 Å². The van der Waals surface area contributed by atoms with Crippen LogP contribution in [-0.4, -0.2) is 80.3 Å². The summed E-state index contributed by atoms with van der Waals surface area (Å²) in [5.41, 5.74) is 1.57. The number of carbonyl (C=O) groups excluding carboxylic acids is 4. The molecule has 0 bridgehead atoms. The molecule has 1 aliphatic heterocycles. The molecule has 2 N–H and O–H groups in total. The number of rotatable bonds is 18.